The lowest BCUT2D eigenvalue weighted by Crippen LogP contribution is -2.54. The molecule has 0 aromatic heterocycles. The van der Waals surface area contributed by atoms with Crippen LogP contribution in [-0.2, 0) is 14.3 Å². The predicted molar refractivity (Wildman–Crippen MR) is 66.3 cm³/mol. The summed E-state index contributed by atoms with van der Waals surface area (Å²) in [7, 11) is 0. The Morgan fingerprint density at radius 1 is 1.53 bits per heavy atom. The van der Waals surface area contributed by atoms with E-state index in [1.165, 1.54) is 0 Å². The van der Waals surface area contributed by atoms with Crippen LogP contribution in [-0.4, -0.2) is 54.1 Å². The molecule has 0 spiro atoms. The highest BCUT2D eigenvalue weighted by Crippen LogP contribution is 2.18. The molecule has 2 aliphatic heterocycles. The minimum absolute atomic E-state index is 0.0949. The van der Waals surface area contributed by atoms with Gasteiger partial charge >= 0.3 is 6.09 Å². The van der Waals surface area contributed by atoms with E-state index in [0.29, 0.717) is 32.5 Å². The highest BCUT2D eigenvalue weighted by molar-refractivity contribution is 5.90. The van der Waals surface area contributed by atoms with Gasteiger partial charge in [0.15, 0.2) is 0 Å². The average molecular weight is 269 g/mol. The fraction of sp³-hybridized carbons (Fsp3) is 0.750. The first-order valence-electron chi connectivity index (χ1n) is 6.41. The Bertz CT molecular complexity index is 408. The highest BCUT2D eigenvalue weighted by Gasteiger charge is 2.36. The number of cyclic esters (lactones) is 1. The average Bonchev–Trinajstić information content (AvgIpc) is 2.95. The maximum Gasteiger partial charge on any atom is 0.410 e. The van der Waals surface area contributed by atoms with Gasteiger partial charge in [-0.25, -0.2) is 4.79 Å². The van der Waals surface area contributed by atoms with Crippen molar-refractivity contribution < 1.29 is 19.1 Å². The SMILES string of the molecule is CC(C)(CNC(=O)C1CCC(=O)N1)N1CCOC1=O. The van der Waals surface area contributed by atoms with Crippen LogP contribution < -0.4 is 10.6 Å². The molecule has 2 saturated heterocycles. The maximum atomic E-state index is 11.9. The molecule has 0 radical (unpaired) electrons. The third kappa shape index (κ3) is 2.97. The van der Waals surface area contributed by atoms with Crippen LogP contribution in [0.2, 0.25) is 0 Å². The van der Waals surface area contributed by atoms with Gasteiger partial charge in [0.25, 0.3) is 0 Å². The topological polar surface area (TPSA) is 87.7 Å². The van der Waals surface area contributed by atoms with Crippen molar-refractivity contribution >= 4 is 17.9 Å². The first-order valence-corrected chi connectivity index (χ1v) is 6.41. The summed E-state index contributed by atoms with van der Waals surface area (Å²) in [5.74, 6) is -0.297. The van der Waals surface area contributed by atoms with Gasteiger partial charge in [0.1, 0.15) is 12.6 Å². The molecule has 1 unspecified atom stereocenters. The lowest BCUT2D eigenvalue weighted by molar-refractivity contribution is -0.126. The van der Waals surface area contributed by atoms with Gasteiger partial charge in [-0.15, -0.1) is 0 Å². The van der Waals surface area contributed by atoms with E-state index in [9.17, 15) is 14.4 Å². The first kappa shape index (κ1) is 13.6. The Hall–Kier alpha value is -1.79. The van der Waals surface area contributed by atoms with E-state index in [-0.39, 0.29) is 17.9 Å². The molecule has 1 atom stereocenters. The van der Waals surface area contributed by atoms with Gasteiger partial charge in [0.2, 0.25) is 11.8 Å². The zero-order valence-corrected chi connectivity index (χ0v) is 11.2. The lowest BCUT2D eigenvalue weighted by atomic mass is 10.0. The van der Waals surface area contributed by atoms with Gasteiger partial charge in [-0.2, -0.15) is 0 Å². The standard InChI is InChI=1S/C12H19N3O4/c1-12(2,15-5-6-19-11(15)18)7-13-10(17)8-3-4-9(16)14-8/h8H,3-7H2,1-2H3,(H,13,17)(H,14,16). The van der Waals surface area contributed by atoms with E-state index in [2.05, 4.69) is 10.6 Å². The zero-order valence-electron chi connectivity index (χ0n) is 11.2. The van der Waals surface area contributed by atoms with Gasteiger partial charge in [0.05, 0.1) is 12.1 Å². The van der Waals surface area contributed by atoms with Gasteiger partial charge < -0.3 is 15.4 Å². The number of hydrogen-bond acceptors (Lipinski definition) is 4. The van der Waals surface area contributed by atoms with Crippen molar-refractivity contribution in [3.63, 3.8) is 0 Å². The van der Waals surface area contributed by atoms with Gasteiger partial charge in [-0.05, 0) is 20.3 Å². The van der Waals surface area contributed by atoms with Gasteiger partial charge in [0, 0.05) is 13.0 Å². The molecule has 0 aromatic rings. The number of rotatable bonds is 4. The van der Waals surface area contributed by atoms with E-state index < -0.39 is 11.6 Å². The fourth-order valence-corrected chi connectivity index (χ4v) is 2.28. The van der Waals surface area contributed by atoms with Crippen molar-refractivity contribution in [1.29, 1.82) is 0 Å². The quantitative estimate of drug-likeness (QED) is 0.727. The molecular formula is C12H19N3O4. The normalized spacial score (nSPS) is 23.3. The van der Waals surface area contributed by atoms with E-state index in [4.69, 9.17) is 4.74 Å². The molecule has 2 aliphatic rings. The summed E-state index contributed by atoms with van der Waals surface area (Å²) in [6, 6.07) is -0.450. The molecule has 0 aromatic carbocycles. The number of carbonyl (C=O) groups is 3. The van der Waals surface area contributed by atoms with Crippen molar-refractivity contribution in [2.45, 2.75) is 38.3 Å². The maximum absolute atomic E-state index is 11.9. The summed E-state index contributed by atoms with van der Waals surface area (Å²) < 4.78 is 4.89. The minimum atomic E-state index is -0.508. The summed E-state index contributed by atoms with van der Waals surface area (Å²) in [4.78, 5) is 36.0. The van der Waals surface area contributed by atoms with Crippen LogP contribution in [0.15, 0.2) is 0 Å². The number of ether oxygens (including phenoxy) is 1. The molecule has 19 heavy (non-hydrogen) atoms. The zero-order chi connectivity index (χ0) is 14.0. The number of amides is 3. The Kier molecular flexibility index (Phi) is 3.64. The molecular weight excluding hydrogens is 250 g/mol. The molecule has 7 nitrogen and oxygen atoms in total. The Morgan fingerprint density at radius 3 is 2.79 bits per heavy atom. The van der Waals surface area contributed by atoms with Gasteiger partial charge in [-0.3, -0.25) is 14.5 Å². The molecule has 2 rings (SSSR count). The van der Waals surface area contributed by atoms with Crippen LogP contribution in [0.3, 0.4) is 0 Å². The molecule has 0 bridgehead atoms. The van der Waals surface area contributed by atoms with E-state index in [1.54, 1.807) is 4.90 Å². The second-order valence-corrected chi connectivity index (χ2v) is 5.46. The van der Waals surface area contributed by atoms with Crippen molar-refractivity contribution in [1.82, 2.24) is 15.5 Å². The molecule has 2 fully saturated rings. The van der Waals surface area contributed by atoms with Crippen LogP contribution >= 0.6 is 0 Å². The van der Waals surface area contributed by atoms with Gasteiger partial charge in [-0.1, -0.05) is 0 Å². The summed E-state index contributed by atoms with van der Waals surface area (Å²) in [6.07, 6.45) is 0.560. The highest BCUT2D eigenvalue weighted by atomic mass is 16.6. The Morgan fingerprint density at radius 2 is 2.26 bits per heavy atom. The second-order valence-electron chi connectivity index (χ2n) is 5.46. The number of nitrogens with zero attached hydrogens (tertiary/aromatic N) is 1. The summed E-state index contributed by atoms with van der Waals surface area (Å²) in [5, 5.41) is 5.39. The van der Waals surface area contributed by atoms with Crippen LogP contribution in [0.5, 0.6) is 0 Å². The van der Waals surface area contributed by atoms with Crippen LogP contribution in [0.25, 0.3) is 0 Å². The predicted octanol–water partition coefficient (Wildman–Crippen LogP) is -0.388. The number of nitrogens with one attached hydrogen (secondary N) is 2. The smallest absolute Gasteiger partial charge is 0.410 e. The first-order chi connectivity index (χ1) is 8.90. The molecule has 3 amide bonds. The van der Waals surface area contributed by atoms with Crippen molar-refractivity contribution in [2.75, 3.05) is 19.7 Å². The molecule has 2 heterocycles. The monoisotopic (exact) mass is 269 g/mol. The van der Waals surface area contributed by atoms with Crippen molar-refractivity contribution in [3.05, 3.63) is 0 Å². The Labute approximate surface area is 111 Å². The Balaban J connectivity index is 1.85. The minimum Gasteiger partial charge on any atom is -0.448 e. The molecule has 106 valence electrons. The van der Waals surface area contributed by atoms with E-state index in [0.717, 1.165) is 0 Å². The number of hydrogen-bond donors (Lipinski definition) is 2. The fourth-order valence-electron chi connectivity index (χ4n) is 2.28. The number of carbonyl (C=O) groups excluding carboxylic acids is 3. The second kappa shape index (κ2) is 5.07. The molecule has 7 heteroatoms. The molecule has 0 saturated carbocycles. The van der Waals surface area contributed by atoms with Crippen LogP contribution in [0.4, 0.5) is 4.79 Å². The van der Waals surface area contributed by atoms with Crippen molar-refractivity contribution in [2.24, 2.45) is 0 Å². The summed E-state index contributed by atoms with van der Waals surface area (Å²) in [6.45, 7) is 4.98. The molecule has 0 aliphatic carbocycles. The van der Waals surface area contributed by atoms with Crippen molar-refractivity contribution in [3.8, 4) is 0 Å². The molecule has 2 N–H and O–H groups in total. The third-order valence-corrected chi connectivity index (χ3v) is 3.50. The largest absolute Gasteiger partial charge is 0.448 e. The van der Waals surface area contributed by atoms with E-state index >= 15 is 0 Å². The van der Waals surface area contributed by atoms with E-state index in [1.807, 2.05) is 13.8 Å². The summed E-state index contributed by atoms with van der Waals surface area (Å²) >= 11 is 0. The van der Waals surface area contributed by atoms with Crippen LogP contribution in [0.1, 0.15) is 26.7 Å². The summed E-state index contributed by atoms with van der Waals surface area (Å²) in [5.41, 5.74) is -0.508. The van der Waals surface area contributed by atoms with Crippen LogP contribution in [0, 0.1) is 0 Å². The lowest BCUT2D eigenvalue weighted by Gasteiger charge is -2.33. The third-order valence-electron chi connectivity index (χ3n) is 3.50.